The first-order valence-corrected chi connectivity index (χ1v) is 13.2. The molecule has 0 aliphatic heterocycles. The molecule has 0 amide bonds. The third kappa shape index (κ3) is 9.94. The molecular formula is C29H42N2O6. The highest BCUT2D eigenvalue weighted by Crippen LogP contribution is 2.44. The fourth-order valence-corrected chi connectivity index (χ4v) is 4.00. The smallest absolute Gasteiger partial charge is 0.311 e. The molecule has 2 aromatic carbocycles. The van der Waals surface area contributed by atoms with Gasteiger partial charge in [-0.05, 0) is 18.6 Å². The quantitative estimate of drug-likeness (QED) is 0.0859. The Balaban J connectivity index is 1.96. The predicted molar refractivity (Wildman–Crippen MR) is 145 cm³/mol. The van der Waals surface area contributed by atoms with E-state index in [1.807, 2.05) is 0 Å². The maximum absolute atomic E-state index is 12.4. The van der Waals surface area contributed by atoms with Crippen molar-refractivity contribution in [3.05, 3.63) is 30.3 Å². The Bertz CT molecular complexity index is 945. The van der Waals surface area contributed by atoms with E-state index in [1.165, 1.54) is 59.2 Å². The van der Waals surface area contributed by atoms with Crippen molar-refractivity contribution in [2.45, 2.75) is 77.6 Å². The largest absolute Gasteiger partial charge is 0.494 e. The fourth-order valence-electron chi connectivity index (χ4n) is 4.00. The number of unbranched alkanes of at least 4 members (excludes halogenated alkanes) is 9. The molecule has 0 heterocycles. The zero-order valence-electron chi connectivity index (χ0n) is 23.0. The number of esters is 1. The third-order valence-corrected chi connectivity index (χ3v) is 6.07. The Labute approximate surface area is 221 Å². The number of carbonyl (C=O) groups excluding carboxylic acids is 1. The van der Waals surface area contributed by atoms with Crippen LogP contribution in [0.4, 0.5) is 11.4 Å². The van der Waals surface area contributed by atoms with Crippen LogP contribution in [-0.2, 0) is 4.79 Å². The van der Waals surface area contributed by atoms with Crippen LogP contribution in [0.1, 0.15) is 77.6 Å². The fraction of sp³-hybridized carbons (Fsp3) is 0.552. The van der Waals surface area contributed by atoms with E-state index < -0.39 is 0 Å². The number of carbonyl (C=O) groups is 1. The molecule has 2 aromatic rings. The van der Waals surface area contributed by atoms with Crippen molar-refractivity contribution in [2.75, 3.05) is 28.4 Å². The van der Waals surface area contributed by atoms with Gasteiger partial charge in [0, 0.05) is 18.6 Å². The first-order valence-electron chi connectivity index (χ1n) is 13.2. The Hall–Kier alpha value is -3.29. The number of methoxy groups -OCH3 is 4. The standard InChI is InChI=1S/C29H42N2O6/c1-6-7-8-9-10-11-12-13-14-15-19-27(32)37-22-20-25(35-4)29(26(21-22)36-5)31-30-28-23(33-2)17-16-18-24(28)34-3/h16-18,20-21H,6-15,19H2,1-5H3/b31-30+. The first kappa shape index (κ1) is 29.9. The molecule has 0 aromatic heterocycles. The Morgan fingerprint density at radius 2 is 1.08 bits per heavy atom. The molecule has 0 fully saturated rings. The summed E-state index contributed by atoms with van der Waals surface area (Å²) < 4.78 is 27.3. The molecule has 0 saturated carbocycles. The summed E-state index contributed by atoms with van der Waals surface area (Å²) in [6, 6.07) is 8.54. The molecule has 0 atom stereocenters. The molecular weight excluding hydrogens is 472 g/mol. The van der Waals surface area contributed by atoms with Crippen LogP contribution in [0.5, 0.6) is 28.7 Å². The molecule has 204 valence electrons. The van der Waals surface area contributed by atoms with Crippen molar-refractivity contribution in [2.24, 2.45) is 10.2 Å². The van der Waals surface area contributed by atoms with Crippen LogP contribution in [0.3, 0.4) is 0 Å². The summed E-state index contributed by atoms with van der Waals surface area (Å²) in [7, 11) is 6.11. The van der Waals surface area contributed by atoms with Crippen molar-refractivity contribution in [1.29, 1.82) is 0 Å². The lowest BCUT2D eigenvalue weighted by Gasteiger charge is -2.13. The van der Waals surface area contributed by atoms with Crippen LogP contribution in [0.15, 0.2) is 40.6 Å². The lowest BCUT2D eigenvalue weighted by atomic mass is 10.1. The summed E-state index contributed by atoms with van der Waals surface area (Å²) in [5.41, 5.74) is 0.788. The van der Waals surface area contributed by atoms with Crippen molar-refractivity contribution < 1.29 is 28.5 Å². The minimum Gasteiger partial charge on any atom is -0.494 e. The minimum atomic E-state index is -0.281. The number of rotatable bonds is 18. The molecule has 0 aliphatic carbocycles. The molecule has 8 nitrogen and oxygen atoms in total. The van der Waals surface area contributed by atoms with Gasteiger partial charge in [-0.1, -0.05) is 70.8 Å². The molecule has 0 aliphatic rings. The maximum Gasteiger partial charge on any atom is 0.311 e. The summed E-state index contributed by atoms with van der Waals surface area (Å²) in [5.74, 6) is 1.80. The lowest BCUT2D eigenvalue weighted by molar-refractivity contribution is -0.134. The summed E-state index contributed by atoms with van der Waals surface area (Å²) in [4.78, 5) is 12.4. The van der Waals surface area contributed by atoms with E-state index in [0.717, 1.165) is 19.3 Å². The van der Waals surface area contributed by atoms with Gasteiger partial charge in [0.1, 0.15) is 17.2 Å². The van der Waals surface area contributed by atoms with Crippen molar-refractivity contribution >= 4 is 17.3 Å². The molecule has 0 N–H and O–H groups in total. The molecule has 37 heavy (non-hydrogen) atoms. The van der Waals surface area contributed by atoms with Gasteiger partial charge in [-0.3, -0.25) is 4.79 Å². The van der Waals surface area contributed by atoms with E-state index in [4.69, 9.17) is 23.7 Å². The normalized spacial score (nSPS) is 10.9. The summed E-state index contributed by atoms with van der Waals surface area (Å²) in [5, 5.41) is 8.66. The second-order valence-electron chi connectivity index (χ2n) is 8.79. The van der Waals surface area contributed by atoms with Gasteiger partial charge in [0.15, 0.2) is 22.9 Å². The summed E-state index contributed by atoms with van der Waals surface area (Å²) in [6.45, 7) is 2.24. The van der Waals surface area contributed by atoms with Gasteiger partial charge in [-0.25, -0.2) is 0 Å². The van der Waals surface area contributed by atoms with Gasteiger partial charge < -0.3 is 23.7 Å². The number of azo groups is 1. The van der Waals surface area contributed by atoms with Crippen molar-refractivity contribution in [3.63, 3.8) is 0 Å². The van der Waals surface area contributed by atoms with Gasteiger partial charge >= 0.3 is 5.97 Å². The number of ether oxygens (including phenoxy) is 5. The maximum atomic E-state index is 12.4. The van der Waals surface area contributed by atoms with E-state index in [-0.39, 0.29) is 5.97 Å². The van der Waals surface area contributed by atoms with Crippen LogP contribution >= 0.6 is 0 Å². The van der Waals surface area contributed by atoms with E-state index in [9.17, 15) is 4.79 Å². The highest BCUT2D eigenvalue weighted by molar-refractivity contribution is 5.74. The van der Waals surface area contributed by atoms with E-state index in [0.29, 0.717) is 46.5 Å². The molecule has 0 saturated heterocycles. The minimum absolute atomic E-state index is 0.281. The average Bonchev–Trinajstić information content (AvgIpc) is 2.92. The predicted octanol–water partition coefficient (Wildman–Crippen LogP) is 8.35. The topological polar surface area (TPSA) is 87.9 Å². The van der Waals surface area contributed by atoms with Crippen LogP contribution in [0.25, 0.3) is 0 Å². The number of hydrogen-bond acceptors (Lipinski definition) is 8. The van der Waals surface area contributed by atoms with Crippen LogP contribution < -0.4 is 23.7 Å². The van der Waals surface area contributed by atoms with Gasteiger partial charge in [-0.15, -0.1) is 10.2 Å². The molecule has 0 unspecified atom stereocenters. The number of benzene rings is 2. The first-order chi connectivity index (χ1) is 18.1. The van der Waals surface area contributed by atoms with Crippen LogP contribution in [-0.4, -0.2) is 34.4 Å². The summed E-state index contributed by atoms with van der Waals surface area (Å²) in [6.07, 6.45) is 12.5. The van der Waals surface area contributed by atoms with E-state index in [1.54, 1.807) is 44.6 Å². The highest BCUT2D eigenvalue weighted by atomic mass is 16.5. The Morgan fingerprint density at radius 1 is 0.649 bits per heavy atom. The molecule has 2 rings (SSSR count). The van der Waals surface area contributed by atoms with Gasteiger partial charge in [-0.2, -0.15) is 0 Å². The van der Waals surface area contributed by atoms with E-state index >= 15 is 0 Å². The number of nitrogens with zero attached hydrogens (tertiary/aromatic N) is 2. The monoisotopic (exact) mass is 514 g/mol. The zero-order chi connectivity index (χ0) is 26.9. The van der Waals surface area contributed by atoms with Gasteiger partial charge in [0.25, 0.3) is 0 Å². The second kappa shape index (κ2) is 17.2. The van der Waals surface area contributed by atoms with Gasteiger partial charge in [0.05, 0.1) is 28.4 Å². The van der Waals surface area contributed by atoms with Crippen LogP contribution in [0.2, 0.25) is 0 Å². The SMILES string of the molecule is CCCCCCCCCCCCC(=O)Oc1cc(OC)c(/N=N/c2c(OC)cccc2OC)c(OC)c1. The van der Waals surface area contributed by atoms with Gasteiger partial charge in [0.2, 0.25) is 0 Å². The highest BCUT2D eigenvalue weighted by Gasteiger charge is 2.17. The molecule has 0 spiro atoms. The second-order valence-corrected chi connectivity index (χ2v) is 8.79. The zero-order valence-corrected chi connectivity index (χ0v) is 23.0. The van der Waals surface area contributed by atoms with Crippen molar-refractivity contribution in [3.8, 4) is 28.7 Å². The lowest BCUT2D eigenvalue weighted by Crippen LogP contribution is -2.08. The number of hydrogen-bond donors (Lipinski definition) is 0. The Kier molecular flexibility index (Phi) is 13.9. The van der Waals surface area contributed by atoms with Crippen molar-refractivity contribution in [1.82, 2.24) is 0 Å². The average molecular weight is 515 g/mol. The molecule has 0 radical (unpaired) electrons. The third-order valence-electron chi connectivity index (χ3n) is 6.07. The van der Waals surface area contributed by atoms with E-state index in [2.05, 4.69) is 17.2 Å². The molecule has 8 heteroatoms. The summed E-state index contributed by atoms with van der Waals surface area (Å²) >= 11 is 0. The van der Waals surface area contributed by atoms with Crippen LogP contribution in [0, 0.1) is 0 Å². The Morgan fingerprint density at radius 3 is 1.54 bits per heavy atom. The molecule has 0 bridgehead atoms.